The smallest absolute Gasteiger partial charge is 0.0781 e. The van der Waals surface area contributed by atoms with Crippen LogP contribution in [0.1, 0.15) is 0 Å². The molecule has 2 nitrogen and oxygen atoms in total. The average Bonchev–Trinajstić information content (AvgIpc) is 3.64. The summed E-state index contributed by atoms with van der Waals surface area (Å²) in [6, 6.07) is 77.4. The Hall–Kier alpha value is -7.81. The van der Waals surface area contributed by atoms with Crippen LogP contribution in [-0.4, -0.2) is 4.98 Å². The number of pyridine rings is 1. The zero-order chi connectivity index (χ0) is 38.9. The Balaban J connectivity index is 1.10. The highest BCUT2D eigenvalue weighted by molar-refractivity contribution is 6.29. The summed E-state index contributed by atoms with van der Waals surface area (Å²) in [6.45, 7) is 0. The van der Waals surface area contributed by atoms with Gasteiger partial charge in [-0.2, -0.15) is 0 Å². The molecule has 1 aromatic heterocycles. The molecule has 2 heteroatoms. The molecule has 274 valence electrons. The number of anilines is 3. The third-order valence-corrected chi connectivity index (χ3v) is 12.2. The monoisotopic (exact) mass is 748 g/mol. The highest BCUT2D eigenvalue weighted by atomic mass is 15.1. The van der Waals surface area contributed by atoms with Crippen molar-refractivity contribution >= 4 is 60.3 Å². The van der Waals surface area contributed by atoms with Gasteiger partial charge in [0.05, 0.1) is 11.2 Å². The molecule has 0 aliphatic heterocycles. The summed E-state index contributed by atoms with van der Waals surface area (Å²) < 4.78 is 0. The van der Waals surface area contributed by atoms with Gasteiger partial charge >= 0.3 is 0 Å². The average molecular weight is 749 g/mol. The van der Waals surface area contributed by atoms with E-state index in [-0.39, 0.29) is 0 Å². The van der Waals surface area contributed by atoms with E-state index >= 15 is 0 Å². The molecule has 0 unspecified atom stereocenters. The van der Waals surface area contributed by atoms with Gasteiger partial charge in [0, 0.05) is 33.7 Å². The van der Waals surface area contributed by atoms with Gasteiger partial charge in [-0.15, -0.1) is 0 Å². The zero-order valence-corrected chi connectivity index (χ0v) is 32.2. The first-order chi connectivity index (χ1) is 29.3. The Bertz CT molecular complexity index is 3330. The number of fused-ring (bicyclic) bond motifs is 7. The highest BCUT2D eigenvalue weighted by Crippen LogP contribution is 2.58. The van der Waals surface area contributed by atoms with E-state index in [1.165, 1.54) is 77.2 Å². The van der Waals surface area contributed by atoms with Crippen molar-refractivity contribution in [3.63, 3.8) is 0 Å². The lowest BCUT2D eigenvalue weighted by Gasteiger charge is -2.28. The molecule has 10 aromatic carbocycles. The van der Waals surface area contributed by atoms with E-state index in [4.69, 9.17) is 4.98 Å². The molecular weight excluding hydrogens is 713 g/mol. The zero-order valence-electron chi connectivity index (χ0n) is 32.2. The molecule has 1 heterocycles. The van der Waals surface area contributed by atoms with Gasteiger partial charge in [0.2, 0.25) is 0 Å². The standard InChI is InChI=1S/C57H36N2/c1-4-17-37(18-5-1)52-46-27-11-12-28-47(46)53(38-19-6-2-7-20-38)56-50-33-32-43(45-30-15-31-49(54(45)50)55(52)56)39-21-14-25-42(35-39)59(41-23-8-3-9-24-41)51-36-40-22-16-34-58-57(40)48-29-13-10-26-44(48)51/h1-36H. The van der Waals surface area contributed by atoms with E-state index in [1.807, 2.05) is 12.3 Å². The lowest BCUT2D eigenvalue weighted by Crippen LogP contribution is -2.10. The third-order valence-electron chi connectivity index (χ3n) is 12.2. The maximum absolute atomic E-state index is 4.81. The Morgan fingerprint density at radius 1 is 0.322 bits per heavy atom. The molecule has 0 atom stereocenters. The van der Waals surface area contributed by atoms with Gasteiger partial charge in [-0.05, 0) is 114 Å². The highest BCUT2D eigenvalue weighted by Gasteiger charge is 2.31. The SMILES string of the molecule is c1ccc(-c2c3c(c(-c4ccccc4)c4ccccc24)-c2ccc(-c4cccc(N(c5ccccc5)c5cc6cccnc6c6ccccc56)c4)c4cccc-3c24)cc1. The summed E-state index contributed by atoms with van der Waals surface area (Å²) >= 11 is 0. The Kier molecular flexibility index (Phi) is 7.57. The lowest BCUT2D eigenvalue weighted by molar-refractivity contribution is 1.30. The van der Waals surface area contributed by atoms with Gasteiger partial charge in [-0.3, -0.25) is 4.98 Å². The van der Waals surface area contributed by atoms with E-state index in [1.54, 1.807) is 0 Å². The van der Waals surface area contributed by atoms with E-state index in [9.17, 15) is 0 Å². The van der Waals surface area contributed by atoms with Gasteiger partial charge < -0.3 is 4.90 Å². The first-order valence-corrected chi connectivity index (χ1v) is 20.3. The molecule has 0 bridgehead atoms. The fourth-order valence-corrected chi connectivity index (χ4v) is 9.76. The first kappa shape index (κ1) is 33.3. The number of para-hydroxylation sites is 1. The second kappa shape index (κ2) is 13.4. The predicted molar refractivity (Wildman–Crippen MR) is 250 cm³/mol. The fraction of sp³-hybridized carbons (Fsp3) is 0. The van der Waals surface area contributed by atoms with Crippen LogP contribution in [0, 0.1) is 0 Å². The number of rotatable bonds is 6. The van der Waals surface area contributed by atoms with Crippen molar-refractivity contribution in [2.24, 2.45) is 0 Å². The number of benzene rings is 10. The molecular formula is C57H36N2. The number of hydrogen-bond acceptors (Lipinski definition) is 2. The number of aromatic nitrogens is 1. The van der Waals surface area contributed by atoms with Crippen molar-refractivity contribution in [1.29, 1.82) is 0 Å². The molecule has 0 N–H and O–H groups in total. The van der Waals surface area contributed by atoms with Crippen molar-refractivity contribution in [3.05, 3.63) is 219 Å². The van der Waals surface area contributed by atoms with E-state index in [0.717, 1.165) is 38.7 Å². The van der Waals surface area contributed by atoms with Crippen LogP contribution in [0.25, 0.3) is 98.9 Å². The van der Waals surface area contributed by atoms with E-state index in [0.29, 0.717) is 0 Å². The summed E-state index contributed by atoms with van der Waals surface area (Å²) in [7, 11) is 0. The quantitative estimate of drug-likeness (QED) is 0.157. The van der Waals surface area contributed by atoms with E-state index in [2.05, 4.69) is 211 Å². The van der Waals surface area contributed by atoms with Crippen molar-refractivity contribution in [2.45, 2.75) is 0 Å². The van der Waals surface area contributed by atoms with Crippen LogP contribution in [0.15, 0.2) is 219 Å². The minimum atomic E-state index is 1.02. The second-order valence-corrected chi connectivity index (χ2v) is 15.4. The van der Waals surface area contributed by atoms with Gasteiger partial charge in [-0.25, -0.2) is 0 Å². The molecule has 0 spiro atoms. The van der Waals surface area contributed by atoms with Gasteiger partial charge in [-0.1, -0.05) is 176 Å². The van der Waals surface area contributed by atoms with Crippen LogP contribution in [-0.2, 0) is 0 Å². The van der Waals surface area contributed by atoms with E-state index < -0.39 is 0 Å². The molecule has 0 radical (unpaired) electrons. The number of hydrogen-bond donors (Lipinski definition) is 0. The Labute approximate surface area is 342 Å². The molecule has 12 rings (SSSR count). The summed E-state index contributed by atoms with van der Waals surface area (Å²) in [4.78, 5) is 7.22. The van der Waals surface area contributed by atoms with Crippen LogP contribution < -0.4 is 4.90 Å². The number of nitrogens with zero attached hydrogens (tertiary/aromatic N) is 2. The van der Waals surface area contributed by atoms with Crippen molar-refractivity contribution < 1.29 is 0 Å². The molecule has 1 aliphatic rings. The molecule has 1 aliphatic carbocycles. The van der Waals surface area contributed by atoms with Gasteiger partial charge in [0.15, 0.2) is 0 Å². The van der Waals surface area contributed by atoms with Crippen molar-refractivity contribution in [2.75, 3.05) is 4.90 Å². The Morgan fingerprint density at radius 3 is 1.54 bits per heavy atom. The van der Waals surface area contributed by atoms with Crippen molar-refractivity contribution in [1.82, 2.24) is 4.98 Å². The maximum atomic E-state index is 4.81. The topological polar surface area (TPSA) is 16.1 Å². The molecule has 11 aromatic rings. The van der Waals surface area contributed by atoms with Crippen molar-refractivity contribution in [3.8, 4) is 55.6 Å². The van der Waals surface area contributed by atoms with Gasteiger partial charge in [0.25, 0.3) is 0 Å². The lowest BCUT2D eigenvalue weighted by atomic mass is 9.82. The minimum absolute atomic E-state index is 1.02. The van der Waals surface area contributed by atoms with Crippen LogP contribution in [0.3, 0.4) is 0 Å². The second-order valence-electron chi connectivity index (χ2n) is 15.4. The summed E-state index contributed by atoms with van der Waals surface area (Å²) in [6.07, 6.45) is 1.89. The predicted octanol–water partition coefficient (Wildman–Crippen LogP) is 15.8. The molecule has 0 saturated heterocycles. The fourth-order valence-electron chi connectivity index (χ4n) is 9.76. The van der Waals surface area contributed by atoms with Crippen LogP contribution in [0.5, 0.6) is 0 Å². The molecule has 0 saturated carbocycles. The molecule has 0 fully saturated rings. The normalized spacial score (nSPS) is 11.7. The van der Waals surface area contributed by atoms with Gasteiger partial charge in [0.1, 0.15) is 0 Å². The maximum Gasteiger partial charge on any atom is 0.0781 e. The van der Waals surface area contributed by atoms with Crippen LogP contribution in [0.4, 0.5) is 17.1 Å². The van der Waals surface area contributed by atoms with Crippen LogP contribution in [0.2, 0.25) is 0 Å². The first-order valence-electron chi connectivity index (χ1n) is 20.3. The third kappa shape index (κ3) is 5.17. The Morgan fingerprint density at radius 2 is 0.847 bits per heavy atom. The largest absolute Gasteiger partial charge is 0.310 e. The van der Waals surface area contributed by atoms with Crippen LogP contribution >= 0.6 is 0 Å². The molecule has 0 amide bonds. The summed E-state index contributed by atoms with van der Waals surface area (Å²) in [5.74, 6) is 0. The summed E-state index contributed by atoms with van der Waals surface area (Å²) in [5, 5.41) is 8.52. The molecule has 59 heavy (non-hydrogen) atoms. The summed E-state index contributed by atoms with van der Waals surface area (Å²) in [5.41, 5.74) is 17.0. The minimum Gasteiger partial charge on any atom is -0.310 e.